The zero-order valence-corrected chi connectivity index (χ0v) is 13.5. The highest BCUT2D eigenvalue weighted by Crippen LogP contribution is 2.34. The second-order valence-electron chi connectivity index (χ2n) is 5.84. The Balaban J connectivity index is 1.89. The van der Waals surface area contributed by atoms with Gasteiger partial charge in [-0.2, -0.15) is 0 Å². The number of amides is 1. The molecular weight excluding hydrogens is 290 g/mol. The van der Waals surface area contributed by atoms with Crippen LogP contribution in [0, 0.1) is 0 Å². The van der Waals surface area contributed by atoms with Gasteiger partial charge in [-0.15, -0.1) is 0 Å². The van der Waals surface area contributed by atoms with Crippen LogP contribution >= 0.6 is 0 Å². The summed E-state index contributed by atoms with van der Waals surface area (Å²) in [7, 11) is 0. The SMILES string of the molecule is CCC(C)(NC(=O)c1cccc2c1OCCO2)c1ccccc1. The third-order valence-corrected chi connectivity index (χ3v) is 4.32. The Labute approximate surface area is 136 Å². The molecule has 1 amide bonds. The van der Waals surface area contributed by atoms with Gasteiger partial charge < -0.3 is 14.8 Å². The fourth-order valence-electron chi connectivity index (χ4n) is 2.74. The lowest BCUT2D eigenvalue weighted by Gasteiger charge is -2.31. The van der Waals surface area contributed by atoms with Gasteiger partial charge in [0.15, 0.2) is 11.5 Å². The molecule has 0 spiro atoms. The predicted molar refractivity (Wildman–Crippen MR) is 89.0 cm³/mol. The van der Waals surface area contributed by atoms with Gasteiger partial charge in [0, 0.05) is 0 Å². The van der Waals surface area contributed by atoms with Crippen molar-refractivity contribution in [2.24, 2.45) is 0 Å². The molecule has 3 rings (SSSR count). The summed E-state index contributed by atoms with van der Waals surface area (Å²) < 4.78 is 11.2. The molecular formula is C19H21NO3. The van der Waals surface area contributed by atoms with Crippen molar-refractivity contribution in [1.29, 1.82) is 0 Å². The summed E-state index contributed by atoms with van der Waals surface area (Å²) in [6.07, 6.45) is 0.787. The van der Waals surface area contributed by atoms with E-state index in [1.54, 1.807) is 6.07 Å². The molecule has 1 unspecified atom stereocenters. The van der Waals surface area contributed by atoms with E-state index < -0.39 is 5.54 Å². The fourth-order valence-corrected chi connectivity index (χ4v) is 2.74. The molecule has 1 aliphatic heterocycles. The van der Waals surface area contributed by atoms with Gasteiger partial charge in [-0.25, -0.2) is 0 Å². The van der Waals surface area contributed by atoms with Gasteiger partial charge in [0.25, 0.3) is 5.91 Å². The minimum atomic E-state index is -0.434. The Hall–Kier alpha value is -2.49. The van der Waals surface area contributed by atoms with Crippen molar-refractivity contribution in [3.05, 3.63) is 59.7 Å². The maximum absolute atomic E-state index is 12.8. The Kier molecular flexibility index (Phi) is 4.24. The van der Waals surface area contributed by atoms with E-state index in [-0.39, 0.29) is 5.91 Å². The molecule has 1 atom stereocenters. The maximum Gasteiger partial charge on any atom is 0.255 e. The zero-order chi connectivity index (χ0) is 16.3. The summed E-state index contributed by atoms with van der Waals surface area (Å²) in [4.78, 5) is 12.8. The molecule has 4 nitrogen and oxygen atoms in total. The van der Waals surface area contributed by atoms with E-state index in [2.05, 4.69) is 12.2 Å². The molecule has 2 aromatic rings. The minimum Gasteiger partial charge on any atom is -0.486 e. The van der Waals surface area contributed by atoms with Gasteiger partial charge >= 0.3 is 0 Å². The predicted octanol–water partition coefficient (Wildman–Crippen LogP) is 3.51. The number of rotatable bonds is 4. The summed E-state index contributed by atoms with van der Waals surface area (Å²) >= 11 is 0. The zero-order valence-electron chi connectivity index (χ0n) is 13.5. The van der Waals surface area contributed by atoms with Gasteiger partial charge in [0.2, 0.25) is 0 Å². The maximum atomic E-state index is 12.8. The summed E-state index contributed by atoms with van der Waals surface area (Å²) in [5.74, 6) is 1.00. The number of carbonyl (C=O) groups excluding carboxylic acids is 1. The Morgan fingerprint density at radius 3 is 2.57 bits per heavy atom. The third-order valence-electron chi connectivity index (χ3n) is 4.32. The summed E-state index contributed by atoms with van der Waals surface area (Å²) in [5.41, 5.74) is 1.16. The smallest absolute Gasteiger partial charge is 0.255 e. The van der Waals surface area contributed by atoms with E-state index in [0.29, 0.717) is 30.3 Å². The molecule has 0 bridgehead atoms. The number of nitrogens with one attached hydrogen (secondary N) is 1. The van der Waals surface area contributed by atoms with Crippen LogP contribution in [0.4, 0.5) is 0 Å². The summed E-state index contributed by atoms with van der Waals surface area (Å²) in [5, 5.41) is 3.15. The summed E-state index contributed by atoms with van der Waals surface area (Å²) in [6.45, 7) is 5.07. The van der Waals surface area contributed by atoms with E-state index in [4.69, 9.17) is 9.47 Å². The number of hydrogen-bond acceptors (Lipinski definition) is 3. The van der Waals surface area contributed by atoms with Crippen LogP contribution in [0.3, 0.4) is 0 Å². The lowest BCUT2D eigenvalue weighted by atomic mass is 9.89. The van der Waals surface area contributed by atoms with E-state index >= 15 is 0 Å². The van der Waals surface area contributed by atoms with E-state index in [0.717, 1.165) is 12.0 Å². The molecule has 0 aliphatic carbocycles. The summed E-state index contributed by atoms with van der Waals surface area (Å²) in [6, 6.07) is 15.4. The van der Waals surface area contributed by atoms with Crippen molar-refractivity contribution in [2.75, 3.05) is 13.2 Å². The first-order valence-electron chi connectivity index (χ1n) is 7.91. The van der Waals surface area contributed by atoms with Crippen LogP contribution in [0.25, 0.3) is 0 Å². The highest BCUT2D eigenvalue weighted by molar-refractivity contribution is 5.98. The number of carbonyl (C=O) groups is 1. The average Bonchev–Trinajstić information content (AvgIpc) is 2.61. The standard InChI is InChI=1S/C19H21NO3/c1-3-19(2,14-8-5-4-6-9-14)20-18(21)15-10-7-11-16-17(15)23-13-12-22-16/h4-11H,3,12-13H2,1-2H3,(H,20,21). The molecule has 1 heterocycles. The van der Waals surface area contributed by atoms with Gasteiger partial charge in [-0.05, 0) is 31.0 Å². The number of para-hydroxylation sites is 1. The third kappa shape index (κ3) is 3.02. The molecule has 0 saturated carbocycles. The van der Waals surface area contributed by atoms with Crippen molar-refractivity contribution in [2.45, 2.75) is 25.8 Å². The van der Waals surface area contributed by atoms with Crippen molar-refractivity contribution >= 4 is 5.91 Å². The van der Waals surface area contributed by atoms with E-state index in [9.17, 15) is 4.79 Å². The molecule has 2 aromatic carbocycles. The van der Waals surface area contributed by atoms with Crippen molar-refractivity contribution in [1.82, 2.24) is 5.32 Å². The number of hydrogen-bond donors (Lipinski definition) is 1. The first-order chi connectivity index (χ1) is 11.1. The van der Waals surface area contributed by atoms with Crippen LogP contribution in [0.15, 0.2) is 48.5 Å². The molecule has 0 saturated heterocycles. The van der Waals surface area contributed by atoms with Crippen LogP contribution in [0.5, 0.6) is 11.5 Å². The quantitative estimate of drug-likeness (QED) is 0.940. The molecule has 1 aliphatic rings. The molecule has 0 aromatic heterocycles. The highest BCUT2D eigenvalue weighted by atomic mass is 16.6. The fraction of sp³-hybridized carbons (Fsp3) is 0.316. The largest absolute Gasteiger partial charge is 0.486 e. The topological polar surface area (TPSA) is 47.6 Å². The second kappa shape index (κ2) is 6.32. The molecule has 1 N–H and O–H groups in total. The van der Waals surface area contributed by atoms with E-state index in [1.807, 2.05) is 49.4 Å². The van der Waals surface area contributed by atoms with Gasteiger partial charge in [0.1, 0.15) is 13.2 Å². The Bertz CT molecular complexity index is 699. The van der Waals surface area contributed by atoms with Gasteiger partial charge in [-0.1, -0.05) is 43.3 Å². The van der Waals surface area contributed by atoms with Gasteiger partial charge in [-0.3, -0.25) is 4.79 Å². The van der Waals surface area contributed by atoms with Crippen LogP contribution in [0.2, 0.25) is 0 Å². The van der Waals surface area contributed by atoms with Crippen molar-refractivity contribution in [3.63, 3.8) is 0 Å². The van der Waals surface area contributed by atoms with Crippen molar-refractivity contribution in [3.8, 4) is 11.5 Å². The molecule has 120 valence electrons. The number of fused-ring (bicyclic) bond motifs is 1. The lowest BCUT2D eigenvalue weighted by Crippen LogP contribution is -2.43. The highest BCUT2D eigenvalue weighted by Gasteiger charge is 2.29. The van der Waals surface area contributed by atoms with Crippen LogP contribution in [0.1, 0.15) is 36.2 Å². The van der Waals surface area contributed by atoms with Crippen LogP contribution in [-0.2, 0) is 5.54 Å². The van der Waals surface area contributed by atoms with Crippen LogP contribution < -0.4 is 14.8 Å². The minimum absolute atomic E-state index is 0.152. The Morgan fingerprint density at radius 2 is 1.83 bits per heavy atom. The number of benzene rings is 2. The second-order valence-corrected chi connectivity index (χ2v) is 5.84. The van der Waals surface area contributed by atoms with E-state index in [1.165, 1.54) is 0 Å². The Morgan fingerprint density at radius 1 is 1.09 bits per heavy atom. The first kappa shape index (κ1) is 15.4. The van der Waals surface area contributed by atoms with Gasteiger partial charge in [0.05, 0.1) is 11.1 Å². The average molecular weight is 311 g/mol. The molecule has 23 heavy (non-hydrogen) atoms. The molecule has 0 radical (unpaired) electrons. The molecule has 4 heteroatoms. The lowest BCUT2D eigenvalue weighted by molar-refractivity contribution is 0.0891. The number of ether oxygens (including phenoxy) is 2. The monoisotopic (exact) mass is 311 g/mol. The normalized spacial score (nSPS) is 15.6. The van der Waals surface area contributed by atoms with Crippen molar-refractivity contribution < 1.29 is 14.3 Å². The first-order valence-corrected chi connectivity index (χ1v) is 7.91. The molecule has 0 fully saturated rings. The van der Waals surface area contributed by atoms with Crippen LogP contribution in [-0.4, -0.2) is 19.1 Å².